The van der Waals surface area contributed by atoms with E-state index in [1.54, 1.807) is 18.3 Å². The molecule has 0 aromatic carbocycles. The molecule has 3 rings (SSSR count). The lowest BCUT2D eigenvalue weighted by Gasteiger charge is -2.04. The lowest BCUT2D eigenvalue weighted by atomic mass is 10.2. The van der Waals surface area contributed by atoms with Crippen LogP contribution in [-0.4, -0.2) is 16.8 Å². The van der Waals surface area contributed by atoms with Crippen molar-refractivity contribution in [1.29, 1.82) is 0 Å². The summed E-state index contributed by atoms with van der Waals surface area (Å²) in [5, 5.41) is 4.77. The van der Waals surface area contributed by atoms with Crippen LogP contribution in [0, 0.1) is 13.8 Å². The third-order valence-electron chi connectivity index (χ3n) is 3.63. The highest BCUT2D eigenvalue weighted by atomic mass is 32.1. The van der Waals surface area contributed by atoms with E-state index in [1.165, 1.54) is 27.6 Å². The highest BCUT2D eigenvalue weighted by Gasteiger charge is 2.18. The van der Waals surface area contributed by atoms with Gasteiger partial charge < -0.3 is 0 Å². The first-order valence-corrected chi connectivity index (χ1v) is 10.3. The average molecular weight is 392 g/mol. The Labute approximate surface area is 157 Å². The molecule has 3 aromatic rings. The van der Waals surface area contributed by atoms with Crippen LogP contribution in [0.2, 0.25) is 0 Å². The van der Waals surface area contributed by atoms with Gasteiger partial charge in [0.2, 0.25) is 0 Å². The molecule has 0 saturated carbocycles. The van der Waals surface area contributed by atoms with Crippen LogP contribution in [0.15, 0.2) is 22.9 Å². The fourth-order valence-electron chi connectivity index (χ4n) is 2.33. The van der Waals surface area contributed by atoms with Crippen molar-refractivity contribution in [2.24, 2.45) is 0 Å². The molecule has 130 valence electrons. The number of carbonyl (C=O) groups excluding carboxylic acids is 2. The van der Waals surface area contributed by atoms with E-state index in [9.17, 15) is 9.59 Å². The Morgan fingerprint density at radius 3 is 2.56 bits per heavy atom. The maximum atomic E-state index is 12.4. The highest BCUT2D eigenvalue weighted by molar-refractivity contribution is 7.17. The standard InChI is InChI=1S/C17H17N3O2S3/c1-4-12-9(2)7-13(24-12)15(21)19-20-16(22)14-10(3)18-17(25-14)11-5-6-23-8-11/h5-8H,4H2,1-3H3,(H,19,21)(H,20,22). The van der Waals surface area contributed by atoms with Gasteiger partial charge in [0.05, 0.1) is 10.6 Å². The number of nitrogens with zero attached hydrogens (tertiary/aromatic N) is 1. The minimum absolute atomic E-state index is 0.304. The Hall–Kier alpha value is -2.03. The van der Waals surface area contributed by atoms with Crippen molar-refractivity contribution in [1.82, 2.24) is 15.8 Å². The third kappa shape index (κ3) is 3.81. The zero-order chi connectivity index (χ0) is 18.0. The number of aromatic nitrogens is 1. The molecular weight excluding hydrogens is 374 g/mol. The van der Waals surface area contributed by atoms with E-state index in [2.05, 4.69) is 22.8 Å². The van der Waals surface area contributed by atoms with Crippen LogP contribution in [0.5, 0.6) is 0 Å². The monoisotopic (exact) mass is 391 g/mol. The van der Waals surface area contributed by atoms with Gasteiger partial charge in [0.15, 0.2) is 0 Å². The number of thiazole rings is 1. The Kier molecular flexibility index (Phi) is 5.31. The van der Waals surface area contributed by atoms with Gasteiger partial charge in [0.25, 0.3) is 11.8 Å². The SMILES string of the molecule is CCc1sc(C(=O)NNC(=O)c2sc(-c3ccsc3)nc2C)cc1C. The number of nitrogens with one attached hydrogen (secondary N) is 2. The first-order valence-electron chi connectivity index (χ1n) is 7.69. The molecule has 3 aromatic heterocycles. The van der Waals surface area contributed by atoms with Crippen LogP contribution in [0.25, 0.3) is 10.6 Å². The Bertz CT molecular complexity index is 910. The summed E-state index contributed by atoms with van der Waals surface area (Å²) in [5.74, 6) is -0.657. The van der Waals surface area contributed by atoms with E-state index in [1.807, 2.05) is 29.8 Å². The molecule has 5 nitrogen and oxygen atoms in total. The number of aryl methyl sites for hydroxylation is 3. The fourth-order valence-corrected chi connectivity index (χ4v) is 5.01. The summed E-state index contributed by atoms with van der Waals surface area (Å²) in [5.41, 5.74) is 7.72. The predicted molar refractivity (Wildman–Crippen MR) is 104 cm³/mol. The van der Waals surface area contributed by atoms with Crippen molar-refractivity contribution < 1.29 is 9.59 Å². The molecule has 2 N–H and O–H groups in total. The molecule has 2 amide bonds. The van der Waals surface area contributed by atoms with E-state index in [0.717, 1.165) is 22.6 Å². The molecule has 0 aliphatic rings. The molecule has 3 heterocycles. The average Bonchev–Trinajstić information content (AvgIpc) is 3.31. The van der Waals surface area contributed by atoms with Gasteiger partial charge in [-0.3, -0.25) is 20.4 Å². The topological polar surface area (TPSA) is 71.1 Å². The maximum absolute atomic E-state index is 12.4. The molecule has 25 heavy (non-hydrogen) atoms. The lowest BCUT2D eigenvalue weighted by Crippen LogP contribution is -2.41. The molecule has 0 unspecified atom stereocenters. The van der Waals surface area contributed by atoms with E-state index in [0.29, 0.717) is 15.4 Å². The van der Waals surface area contributed by atoms with E-state index in [-0.39, 0.29) is 11.8 Å². The van der Waals surface area contributed by atoms with Crippen LogP contribution in [-0.2, 0) is 6.42 Å². The fraction of sp³-hybridized carbons (Fsp3) is 0.235. The second-order valence-electron chi connectivity index (χ2n) is 5.42. The van der Waals surface area contributed by atoms with Gasteiger partial charge in [-0.05, 0) is 43.3 Å². The first-order chi connectivity index (χ1) is 12.0. The van der Waals surface area contributed by atoms with Crippen LogP contribution in [0.3, 0.4) is 0 Å². The highest BCUT2D eigenvalue weighted by Crippen LogP contribution is 2.29. The van der Waals surface area contributed by atoms with E-state index >= 15 is 0 Å². The second-order valence-corrected chi connectivity index (χ2v) is 8.34. The lowest BCUT2D eigenvalue weighted by molar-refractivity contribution is 0.0850. The maximum Gasteiger partial charge on any atom is 0.281 e. The zero-order valence-electron chi connectivity index (χ0n) is 14.0. The second kappa shape index (κ2) is 7.47. The molecule has 0 atom stereocenters. The molecule has 0 aliphatic heterocycles. The number of hydrogen-bond donors (Lipinski definition) is 2. The summed E-state index contributed by atoms with van der Waals surface area (Å²) >= 11 is 4.35. The first kappa shape index (κ1) is 17.8. The van der Waals surface area contributed by atoms with Crippen molar-refractivity contribution >= 4 is 45.8 Å². The molecule has 0 spiro atoms. The third-order valence-corrected chi connectivity index (χ3v) is 6.89. The van der Waals surface area contributed by atoms with Crippen LogP contribution >= 0.6 is 34.0 Å². The summed E-state index contributed by atoms with van der Waals surface area (Å²) in [6.07, 6.45) is 0.890. The molecule has 8 heteroatoms. The summed E-state index contributed by atoms with van der Waals surface area (Å²) < 4.78 is 0. The Morgan fingerprint density at radius 1 is 1.16 bits per heavy atom. The predicted octanol–water partition coefficient (Wildman–Crippen LogP) is 4.19. The van der Waals surface area contributed by atoms with E-state index < -0.39 is 0 Å². The normalized spacial score (nSPS) is 10.7. The smallest absolute Gasteiger partial charge is 0.266 e. The largest absolute Gasteiger partial charge is 0.281 e. The van der Waals surface area contributed by atoms with Gasteiger partial charge in [-0.2, -0.15) is 11.3 Å². The molecule has 0 aliphatic carbocycles. The van der Waals surface area contributed by atoms with Gasteiger partial charge in [0.1, 0.15) is 9.88 Å². The quantitative estimate of drug-likeness (QED) is 0.655. The minimum atomic E-state index is -0.353. The molecular formula is C17H17N3O2S3. The molecule has 0 bridgehead atoms. The van der Waals surface area contributed by atoms with Crippen molar-refractivity contribution in [2.45, 2.75) is 27.2 Å². The van der Waals surface area contributed by atoms with Crippen molar-refractivity contribution in [3.05, 3.63) is 48.8 Å². The van der Waals surface area contributed by atoms with Crippen molar-refractivity contribution in [2.75, 3.05) is 0 Å². The van der Waals surface area contributed by atoms with E-state index in [4.69, 9.17) is 0 Å². The van der Waals surface area contributed by atoms with Gasteiger partial charge in [-0.25, -0.2) is 4.98 Å². The number of thiophene rings is 2. The van der Waals surface area contributed by atoms with Gasteiger partial charge in [-0.15, -0.1) is 22.7 Å². The zero-order valence-corrected chi connectivity index (χ0v) is 16.5. The number of rotatable bonds is 4. The molecule has 0 saturated heterocycles. The number of hydrogen-bond acceptors (Lipinski definition) is 6. The summed E-state index contributed by atoms with van der Waals surface area (Å²) in [6.45, 7) is 5.83. The Balaban J connectivity index is 1.67. The number of hydrazine groups is 1. The van der Waals surface area contributed by atoms with Crippen LogP contribution in [0.1, 0.15) is 42.4 Å². The Morgan fingerprint density at radius 2 is 1.92 bits per heavy atom. The van der Waals surface area contributed by atoms with Crippen LogP contribution < -0.4 is 10.9 Å². The van der Waals surface area contributed by atoms with Gasteiger partial charge >= 0.3 is 0 Å². The summed E-state index contributed by atoms with van der Waals surface area (Å²) in [6, 6.07) is 3.81. The van der Waals surface area contributed by atoms with Crippen molar-refractivity contribution in [3.8, 4) is 10.6 Å². The summed E-state index contributed by atoms with van der Waals surface area (Å²) in [7, 11) is 0. The minimum Gasteiger partial charge on any atom is -0.266 e. The van der Waals surface area contributed by atoms with Crippen LogP contribution in [0.4, 0.5) is 0 Å². The van der Waals surface area contributed by atoms with Crippen molar-refractivity contribution in [3.63, 3.8) is 0 Å². The number of amides is 2. The van der Waals surface area contributed by atoms with Gasteiger partial charge in [0, 0.05) is 15.8 Å². The van der Waals surface area contributed by atoms with Gasteiger partial charge in [-0.1, -0.05) is 6.92 Å². The summed E-state index contributed by atoms with van der Waals surface area (Å²) in [4.78, 5) is 31.3. The molecule has 0 fully saturated rings. The molecule has 0 radical (unpaired) electrons. The number of carbonyl (C=O) groups is 2.